The summed E-state index contributed by atoms with van der Waals surface area (Å²) in [5, 5.41) is 18.8. The van der Waals surface area contributed by atoms with E-state index in [0.717, 1.165) is 41.0 Å². The van der Waals surface area contributed by atoms with Gasteiger partial charge in [-0.1, -0.05) is 19.4 Å². The first kappa shape index (κ1) is 21.1. The number of hydrogen-bond acceptors (Lipinski definition) is 4. The predicted molar refractivity (Wildman–Crippen MR) is 99.5 cm³/mol. The lowest BCUT2D eigenvalue weighted by atomic mass is 10.0. The van der Waals surface area contributed by atoms with Crippen LogP contribution in [0.1, 0.15) is 56.8 Å². The number of carboxylic acid groups (broad SMARTS) is 1. The number of carboxylic acids is 1. The molecule has 0 aromatic heterocycles. The van der Waals surface area contributed by atoms with E-state index in [0.29, 0.717) is 24.7 Å². The van der Waals surface area contributed by atoms with Gasteiger partial charge in [-0.3, -0.25) is 4.79 Å². The van der Waals surface area contributed by atoms with E-state index in [1.54, 1.807) is 18.7 Å². The van der Waals surface area contributed by atoms with Gasteiger partial charge < -0.3 is 14.9 Å². The Morgan fingerprint density at radius 2 is 2.12 bits per heavy atom. The van der Waals surface area contributed by atoms with Gasteiger partial charge in [-0.2, -0.15) is 0 Å². The third-order valence-corrected chi connectivity index (χ3v) is 4.97. The minimum Gasteiger partial charge on any atom is -0.493 e. The summed E-state index contributed by atoms with van der Waals surface area (Å²) in [6, 6.07) is 3.94. The van der Waals surface area contributed by atoms with E-state index in [9.17, 15) is 9.90 Å². The van der Waals surface area contributed by atoms with Gasteiger partial charge in [-0.05, 0) is 38.0 Å². The molecule has 0 bridgehead atoms. The van der Waals surface area contributed by atoms with E-state index in [1.165, 1.54) is 0 Å². The van der Waals surface area contributed by atoms with E-state index >= 15 is 0 Å². The summed E-state index contributed by atoms with van der Waals surface area (Å²) in [4.78, 5) is 11.8. The molecular weight excluding hydrogens is 348 g/mol. The monoisotopic (exact) mass is 374 g/mol. The van der Waals surface area contributed by atoms with Crippen molar-refractivity contribution in [1.29, 1.82) is 0 Å². The van der Waals surface area contributed by atoms with Crippen molar-refractivity contribution in [2.24, 2.45) is 0 Å². The Morgan fingerprint density at radius 1 is 1.38 bits per heavy atom. The van der Waals surface area contributed by atoms with Crippen molar-refractivity contribution in [3.63, 3.8) is 0 Å². The molecule has 1 unspecified atom stereocenters. The zero-order chi connectivity index (χ0) is 17.9. The molecule has 0 radical (unpaired) electrons. The van der Waals surface area contributed by atoms with Crippen LogP contribution < -0.4 is 4.74 Å². The highest BCUT2D eigenvalue weighted by Crippen LogP contribution is 2.37. The smallest absolute Gasteiger partial charge is 0.303 e. The SMILES string of the molecule is CCCc1c(SCCCCl)ccc(C(C)O)c1OCCCC(=O)O. The maximum absolute atomic E-state index is 10.6. The minimum absolute atomic E-state index is 0.0806. The van der Waals surface area contributed by atoms with Gasteiger partial charge in [0, 0.05) is 28.3 Å². The molecular formula is C18H27ClO4S. The van der Waals surface area contributed by atoms with Crippen molar-refractivity contribution in [2.75, 3.05) is 18.2 Å². The molecule has 0 aliphatic heterocycles. The molecule has 0 aliphatic rings. The topological polar surface area (TPSA) is 66.8 Å². The van der Waals surface area contributed by atoms with Gasteiger partial charge in [0.25, 0.3) is 0 Å². The van der Waals surface area contributed by atoms with Crippen molar-refractivity contribution in [3.8, 4) is 5.75 Å². The molecule has 0 saturated carbocycles. The van der Waals surface area contributed by atoms with Crippen LogP contribution in [0.15, 0.2) is 17.0 Å². The maximum Gasteiger partial charge on any atom is 0.303 e. The Labute approximate surface area is 153 Å². The molecule has 0 spiro atoms. The molecule has 0 aliphatic carbocycles. The zero-order valence-corrected chi connectivity index (χ0v) is 16.0. The lowest BCUT2D eigenvalue weighted by molar-refractivity contribution is -0.137. The largest absolute Gasteiger partial charge is 0.493 e. The number of aliphatic hydroxyl groups excluding tert-OH is 1. The van der Waals surface area contributed by atoms with Crippen LogP contribution in [0, 0.1) is 0 Å². The van der Waals surface area contributed by atoms with Crippen LogP contribution in [0.25, 0.3) is 0 Å². The molecule has 0 amide bonds. The van der Waals surface area contributed by atoms with Crippen LogP contribution in [0.3, 0.4) is 0 Å². The molecule has 0 heterocycles. The van der Waals surface area contributed by atoms with Gasteiger partial charge in [0.2, 0.25) is 0 Å². The zero-order valence-electron chi connectivity index (χ0n) is 14.4. The number of halogens is 1. The van der Waals surface area contributed by atoms with E-state index in [4.69, 9.17) is 21.4 Å². The van der Waals surface area contributed by atoms with E-state index < -0.39 is 12.1 Å². The molecule has 2 N–H and O–H groups in total. The standard InChI is InChI=1S/C18H27ClO4S/c1-3-6-15-16(24-12-5-10-19)9-8-14(13(2)20)18(15)23-11-4-7-17(21)22/h8-9,13,20H,3-7,10-12H2,1-2H3,(H,21,22). The summed E-state index contributed by atoms with van der Waals surface area (Å²) in [7, 11) is 0. The summed E-state index contributed by atoms with van der Waals surface area (Å²) in [6.07, 6.45) is 2.67. The lowest BCUT2D eigenvalue weighted by Gasteiger charge is -2.20. The van der Waals surface area contributed by atoms with Gasteiger partial charge in [0.05, 0.1) is 12.7 Å². The first-order valence-electron chi connectivity index (χ1n) is 8.38. The molecule has 136 valence electrons. The van der Waals surface area contributed by atoms with Crippen LogP contribution in [0.4, 0.5) is 0 Å². The minimum atomic E-state index is -0.825. The number of benzene rings is 1. The first-order valence-corrected chi connectivity index (χ1v) is 9.90. The fraction of sp³-hybridized carbons (Fsp3) is 0.611. The predicted octanol–water partition coefficient (Wildman–Crippen LogP) is 4.66. The van der Waals surface area contributed by atoms with Crippen molar-refractivity contribution in [1.82, 2.24) is 0 Å². The molecule has 0 saturated heterocycles. The molecule has 1 rings (SSSR count). The Balaban J connectivity index is 3.02. The van der Waals surface area contributed by atoms with Gasteiger partial charge in [0.15, 0.2) is 0 Å². The Bertz CT molecular complexity index is 520. The molecule has 0 fully saturated rings. The van der Waals surface area contributed by atoms with Crippen LogP contribution in [-0.4, -0.2) is 34.4 Å². The van der Waals surface area contributed by atoms with E-state index in [1.807, 2.05) is 12.1 Å². The lowest BCUT2D eigenvalue weighted by Crippen LogP contribution is -2.08. The van der Waals surface area contributed by atoms with Gasteiger partial charge >= 0.3 is 5.97 Å². The summed E-state index contributed by atoms with van der Waals surface area (Å²) < 4.78 is 5.92. The number of carbonyl (C=O) groups is 1. The van der Waals surface area contributed by atoms with Gasteiger partial charge in [-0.15, -0.1) is 23.4 Å². The number of alkyl halides is 1. The van der Waals surface area contributed by atoms with E-state index in [2.05, 4.69) is 6.92 Å². The molecule has 1 atom stereocenters. The highest BCUT2D eigenvalue weighted by molar-refractivity contribution is 7.99. The Hall–Kier alpha value is -0.910. The Kier molecular flexibility index (Phi) is 10.2. The fourth-order valence-electron chi connectivity index (χ4n) is 2.38. The molecule has 4 nitrogen and oxygen atoms in total. The number of hydrogen-bond donors (Lipinski definition) is 2. The quantitative estimate of drug-likeness (QED) is 0.316. The normalized spacial score (nSPS) is 12.2. The first-order chi connectivity index (χ1) is 11.5. The summed E-state index contributed by atoms with van der Waals surface area (Å²) in [5.74, 6) is 1.47. The van der Waals surface area contributed by atoms with Crippen molar-refractivity contribution in [3.05, 3.63) is 23.3 Å². The number of thioether (sulfide) groups is 1. The second-order valence-corrected chi connectivity index (χ2v) is 7.14. The number of aliphatic hydroxyl groups is 1. The molecule has 6 heteroatoms. The number of ether oxygens (including phenoxy) is 1. The highest BCUT2D eigenvalue weighted by Gasteiger charge is 2.17. The molecule has 1 aromatic carbocycles. The van der Waals surface area contributed by atoms with Crippen molar-refractivity contribution in [2.45, 2.75) is 57.0 Å². The van der Waals surface area contributed by atoms with Crippen LogP contribution in [0.2, 0.25) is 0 Å². The summed E-state index contributed by atoms with van der Waals surface area (Å²) in [5.41, 5.74) is 1.86. The maximum atomic E-state index is 10.6. The fourth-order valence-corrected chi connectivity index (χ4v) is 3.72. The van der Waals surface area contributed by atoms with Gasteiger partial charge in [0.1, 0.15) is 5.75 Å². The number of aliphatic carboxylic acids is 1. The molecule has 24 heavy (non-hydrogen) atoms. The summed E-state index contributed by atoms with van der Waals surface area (Å²) in [6.45, 7) is 4.16. The average molecular weight is 375 g/mol. The summed E-state index contributed by atoms with van der Waals surface area (Å²) >= 11 is 7.51. The van der Waals surface area contributed by atoms with Crippen molar-refractivity contribution >= 4 is 29.3 Å². The van der Waals surface area contributed by atoms with Crippen LogP contribution >= 0.6 is 23.4 Å². The second-order valence-electron chi connectivity index (χ2n) is 5.62. The van der Waals surface area contributed by atoms with Gasteiger partial charge in [-0.25, -0.2) is 0 Å². The Morgan fingerprint density at radius 3 is 2.71 bits per heavy atom. The van der Waals surface area contributed by atoms with Crippen LogP contribution in [-0.2, 0) is 11.2 Å². The number of rotatable bonds is 12. The highest BCUT2D eigenvalue weighted by atomic mass is 35.5. The molecule has 1 aromatic rings. The third-order valence-electron chi connectivity index (χ3n) is 3.51. The van der Waals surface area contributed by atoms with Crippen molar-refractivity contribution < 1.29 is 19.7 Å². The van der Waals surface area contributed by atoms with E-state index in [-0.39, 0.29) is 6.42 Å². The average Bonchev–Trinajstić information content (AvgIpc) is 2.53. The van der Waals surface area contributed by atoms with Crippen LogP contribution in [0.5, 0.6) is 5.75 Å². The third kappa shape index (κ3) is 6.91. The second kappa shape index (κ2) is 11.6.